The summed E-state index contributed by atoms with van der Waals surface area (Å²) in [5.74, 6) is -0.265. The van der Waals surface area contributed by atoms with E-state index >= 15 is 0 Å². The summed E-state index contributed by atoms with van der Waals surface area (Å²) >= 11 is 6.01. The van der Waals surface area contributed by atoms with Gasteiger partial charge in [-0.15, -0.1) is 0 Å². The Morgan fingerprint density at radius 1 is 1.00 bits per heavy atom. The first-order valence-electron chi connectivity index (χ1n) is 11.9. The highest BCUT2D eigenvalue weighted by Gasteiger charge is 2.35. The van der Waals surface area contributed by atoms with Gasteiger partial charge < -0.3 is 14.7 Å². The zero-order chi connectivity index (χ0) is 24.8. The second-order valence-corrected chi connectivity index (χ2v) is 9.82. The molecule has 0 unspecified atom stereocenters. The minimum Gasteiger partial charge on any atom is -0.487 e. The first-order valence-corrected chi connectivity index (χ1v) is 12.3. The maximum Gasteiger partial charge on any atom is 0.305 e. The molecule has 35 heavy (non-hydrogen) atoms. The quantitative estimate of drug-likeness (QED) is 0.387. The van der Waals surface area contributed by atoms with E-state index in [1.54, 1.807) is 11.0 Å². The Kier molecular flexibility index (Phi) is 7.76. The fourth-order valence-corrected chi connectivity index (χ4v) is 4.76. The zero-order valence-corrected chi connectivity index (χ0v) is 20.6. The number of ether oxygens (including phenoxy) is 1. The molecule has 3 aromatic carbocycles. The Morgan fingerprint density at radius 3 is 2.46 bits per heavy atom. The predicted octanol–water partition coefficient (Wildman–Crippen LogP) is 5.83. The summed E-state index contributed by atoms with van der Waals surface area (Å²) in [7, 11) is 0. The van der Waals surface area contributed by atoms with Gasteiger partial charge in [0.25, 0.3) is 5.91 Å². The van der Waals surface area contributed by atoms with Crippen LogP contribution in [0.15, 0.2) is 72.8 Å². The Morgan fingerprint density at radius 2 is 1.74 bits per heavy atom. The number of fused-ring (bicyclic) bond motifs is 1. The lowest BCUT2D eigenvalue weighted by molar-refractivity contribution is -0.137. The molecule has 0 saturated heterocycles. The Bertz CT molecular complexity index is 1180. The molecule has 5 nitrogen and oxygen atoms in total. The molecule has 182 valence electrons. The summed E-state index contributed by atoms with van der Waals surface area (Å²) in [6.07, 6.45) is 2.94. The lowest BCUT2D eigenvalue weighted by Crippen LogP contribution is -2.34. The number of carboxylic acids is 1. The lowest BCUT2D eigenvalue weighted by Gasteiger charge is -2.24. The zero-order valence-electron chi connectivity index (χ0n) is 19.9. The van der Waals surface area contributed by atoms with E-state index in [0.717, 1.165) is 36.1 Å². The van der Waals surface area contributed by atoms with Gasteiger partial charge in [-0.3, -0.25) is 9.59 Å². The van der Waals surface area contributed by atoms with Crippen LogP contribution >= 0.6 is 11.6 Å². The van der Waals surface area contributed by atoms with Crippen molar-refractivity contribution < 1.29 is 19.4 Å². The van der Waals surface area contributed by atoms with Crippen molar-refractivity contribution in [3.05, 3.63) is 100 Å². The molecular formula is C29H30ClNO4. The van der Waals surface area contributed by atoms with E-state index < -0.39 is 11.6 Å². The topological polar surface area (TPSA) is 66.8 Å². The number of hydrogen-bond acceptors (Lipinski definition) is 3. The van der Waals surface area contributed by atoms with Gasteiger partial charge in [0.05, 0.1) is 6.42 Å². The molecule has 0 saturated carbocycles. The van der Waals surface area contributed by atoms with Crippen LogP contribution in [0, 0.1) is 0 Å². The molecule has 1 aliphatic rings. The SMILES string of the molecule is C[C@]1(Cc2ccc(Cl)cc2)Cc2cc(C(=O)N(CCCc3ccccc3)CCC(=O)O)ccc2O1. The number of carbonyl (C=O) groups excluding carboxylic acids is 1. The summed E-state index contributed by atoms with van der Waals surface area (Å²) in [5.41, 5.74) is 3.49. The van der Waals surface area contributed by atoms with Crippen molar-refractivity contribution in [2.24, 2.45) is 0 Å². The first-order chi connectivity index (χ1) is 16.8. The van der Waals surface area contributed by atoms with Gasteiger partial charge in [-0.05, 0) is 66.8 Å². The molecule has 0 fully saturated rings. The van der Waals surface area contributed by atoms with Gasteiger partial charge in [-0.1, -0.05) is 54.1 Å². The second kappa shape index (κ2) is 11.0. The van der Waals surface area contributed by atoms with E-state index in [0.29, 0.717) is 23.6 Å². The molecule has 0 bridgehead atoms. The van der Waals surface area contributed by atoms with E-state index in [2.05, 4.69) is 19.1 Å². The average molecular weight is 492 g/mol. The number of carboxylic acid groups (broad SMARTS) is 1. The fourth-order valence-electron chi connectivity index (χ4n) is 4.63. The Hall–Kier alpha value is -3.31. The van der Waals surface area contributed by atoms with Crippen molar-refractivity contribution >= 4 is 23.5 Å². The van der Waals surface area contributed by atoms with Crippen LogP contribution in [0.4, 0.5) is 0 Å². The molecule has 1 heterocycles. The molecule has 3 aromatic rings. The molecule has 4 rings (SSSR count). The summed E-state index contributed by atoms with van der Waals surface area (Å²) < 4.78 is 6.28. The Balaban J connectivity index is 1.44. The highest BCUT2D eigenvalue weighted by molar-refractivity contribution is 6.30. The highest BCUT2D eigenvalue weighted by atomic mass is 35.5. The number of rotatable bonds is 10. The molecule has 0 aliphatic carbocycles. The van der Waals surface area contributed by atoms with Gasteiger partial charge in [0.2, 0.25) is 0 Å². The van der Waals surface area contributed by atoms with Gasteiger partial charge >= 0.3 is 5.97 Å². The largest absolute Gasteiger partial charge is 0.487 e. The predicted molar refractivity (Wildman–Crippen MR) is 137 cm³/mol. The lowest BCUT2D eigenvalue weighted by atomic mass is 9.91. The van der Waals surface area contributed by atoms with Gasteiger partial charge in [0.15, 0.2) is 0 Å². The summed E-state index contributed by atoms with van der Waals surface area (Å²) in [5, 5.41) is 9.88. The average Bonchev–Trinajstić information content (AvgIpc) is 3.17. The van der Waals surface area contributed by atoms with Crippen LogP contribution in [0.5, 0.6) is 5.75 Å². The molecule has 1 atom stereocenters. The van der Waals surface area contributed by atoms with Crippen LogP contribution in [-0.4, -0.2) is 40.6 Å². The summed E-state index contributed by atoms with van der Waals surface area (Å²) in [4.78, 5) is 26.2. The number of benzene rings is 3. The number of aliphatic carboxylic acids is 1. The third-order valence-electron chi connectivity index (χ3n) is 6.34. The maximum absolute atomic E-state index is 13.4. The minimum atomic E-state index is -0.911. The molecule has 1 amide bonds. The number of hydrogen-bond donors (Lipinski definition) is 1. The third-order valence-corrected chi connectivity index (χ3v) is 6.59. The van der Waals surface area contributed by atoms with Crippen molar-refractivity contribution in [1.29, 1.82) is 0 Å². The summed E-state index contributed by atoms with van der Waals surface area (Å²) in [6, 6.07) is 23.4. The molecule has 0 spiro atoms. The standard InChI is InChI=1S/C29H30ClNO4/c1-29(19-22-9-12-25(30)13-10-22)20-24-18-23(11-14-26(24)35-29)28(34)31(17-15-27(32)33)16-5-8-21-6-3-2-4-7-21/h2-4,6-7,9-14,18H,5,8,15-17,19-20H2,1H3,(H,32,33)/t29-/m0/s1. The van der Waals surface area contributed by atoms with Gasteiger partial charge in [-0.2, -0.15) is 0 Å². The van der Waals surface area contributed by atoms with Crippen LogP contribution in [0.3, 0.4) is 0 Å². The molecular weight excluding hydrogens is 462 g/mol. The van der Waals surface area contributed by atoms with Crippen LogP contribution in [-0.2, 0) is 24.1 Å². The van der Waals surface area contributed by atoms with E-state index in [4.69, 9.17) is 16.3 Å². The number of carbonyl (C=O) groups is 2. The van der Waals surface area contributed by atoms with Gasteiger partial charge in [0.1, 0.15) is 11.4 Å². The summed E-state index contributed by atoms with van der Waals surface area (Å²) in [6.45, 7) is 2.76. The van der Waals surface area contributed by atoms with E-state index in [1.807, 2.05) is 54.6 Å². The monoisotopic (exact) mass is 491 g/mol. The smallest absolute Gasteiger partial charge is 0.305 e. The van der Waals surface area contributed by atoms with Crippen LogP contribution in [0.2, 0.25) is 5.02 Å². The molecule has 6 heteroatoms. The Labute approximate surface area is 211 Å². The van der Waals surface area contributed by atoms with E-state index in [1.165, 1.54) is 5.56 Å². The minimum absolute atomic E-state index is 0.0791. The van der Waals surface area contributed by atoms with Crippen LogP contribution in [0.1, 0.15) is 46.8 Å². The van der Waals surface area contributed by atoms with Crippen molar-refractivity contribution in [1.82, 2.24) is 4.90 Å². The van der Waals surface area contributed by atoms with E-state index in [-0.39, 0.29) is 18.9 Å². The van der Waals surface area contributed by atoms with Crippen LogP contribution in [0.25, 0.3) is 0 Å². The number of nitrogens with zero attached hydrogens (tertiary/aromatic N) is 1. The van der Waals surface area contributed by atoms with Crippen LogP contribution < -0.4 is 4.74 Å². The van der Waals surface area contributed by atoms with Crippen molar-refractivity contribution in [2.75, 3.05) is 13.1 Å². The van der Waals surface area contributed by atoms with Gasteiger partial charge in [0, 0.05) is 36.5 Å². The maximum atomic E-state index is 13.4. The van der Waals surface area contributed by atoms with E-state index in [9.17, 15) is 14.7 Å². The number of amides is 1. The number of aryl methyl sites for hydroxylation is 1. The van der Waals surface area contributed by atoms with Gasteiger partial charge in [-0.25, -0.2) is 0 Å². The first kappa shape index (κ1) is 24.8. The normalized spacial score (nSPS) is 16.4. The molecule has 0 aromatic heterocycles. The van der Waals surface area contributed by atoms with Crippen molar-refractivity contribution in [3.8, 4) is 5.75 Å². The molecule has 1 aliphatic heterocycles. The highest BCUT2D eigenvalue weighted by Crippen LogP contribution is 2.37. The second-order valence-electron chi connectivity index (χ2n) is 9.38. The number of halogens is 1. The van der Waals surface area contributed by atoms with Crippen molar-refractivity contribution in [2.45, 2.75) is 44.6 Å². The fraction of sp³-hybridized carbons (Fsp3) is 0.310. The third kappa shape index (κ3) is 6.64. The molecule has 1 N–H and O–H groups in total. The molecule has 0 radical (unpaired) electrons. The van der Waals surface area contributed by atoms with Crippen molar-refractivity contribution in [3.63, 3.8) is 0 Å².